The van der Waals surface area contributed by atoms with Gasteiger partial charge in [0.25, 0.3) is 0 Å². The van der Waals surface area contributed by atoms with Crippen molar-refractivity contribution < 1.29 is 44.3 Å². The quantitative estimate of drug-likeness (QED) is 0.270. The first-order valence-corrected chi connectivity index (χ1v) is 13.6. The van der Waals surface area contributed by atoms with Crippen LogP contribution in [0.1, 0.15) is 45.1 Å². The number of nitrogens with two attached hydrogens (primary N) is 1. The number of hydrogen-bond acceptors (Lipinski definition) is 8. The zero-order chi connectivity index (χ0) is 30.3. The number of amides is 1. The Morgan fingerprint density at radius 1 is 0.976 bits per heavy atom. The van der Waals surface area contributed by atoms with E-state index in [-0.39, 0.29) is 12.5 Å². The van der Waals surface area contributed by atoms with E-state index in [4.69, 9.17) is 30.9 Å². The molecule has 0 spiro atoms. The number of para-hydroxylation sites is 1. The maximum absolute atomic E-state index is 11.4. The second kappa shape index (κ2) is 13.9. The molecule has 1 aromatic heterocycles. The average Bonchev–Trinajstić information content (AvgIpc) is 3.19. The number of fused-ring (bicyclic) bond motifs is 1. The third kappa shape index (κ3) is 8.98. The zero-order valence-electron chi connectivity index (χ0n) is 23.4. The van der Waals surface area contributed by atoms with E-state index >= 15 is 0 Å². The molecule has 0 aliphatic carbocycles. The monoisotopic (exact) mass is 576 g/mol. The molecular formula is C28H40N4O9. The number of hydrogen-bond donors (Lipinski definition) is 5. The van der Waals surface area contributed by atoms with E-state index in [9.17, 15) is 19.2 Å². The molecule has 2 aliphatic heterocycles. The van der Waals surface area contributed by atoms with Crippen LogP contribution in [-0.4, -0.2) is 109 Å². The summed E-state index contributed by atoms with van der Waals surface area (Å²) < 4.78 is 7.87. The van der Waals surface area contributed by atoms with Gasteiger partial charge >= 0.3 is 17.9 Å². The van der Waals surface area contributed by atoms with Crippen molar-refractivity contribution in [3.8, 4) is 0 Å². The van der Waals surface area contributed by atoms with Crippen molar-refractivity contribution in [3.05, 3.63) is 36.0 Å². The largest absolute Gasteiger partial charge is 0.481 e. The number of carbonyl (C=O) groups excluding carboxylic acids is 1. The van der Waals surface area contributed by atoms with Gasteiger partial charge < -0.3 is 35.5 Å². The molecule has 0 bridgehead atoms. The molecule has 2 aromatic rings. The number of carboxylic acid groups (broad SMARTS) is 3. The number of morpholine rings is 1. The highest BCUT2D eigenvalue weighted by molar-refractivity contribution is 5.88. The third-order valence-corrected chi connectivity index (χ3v) is 7.40. The fraction of sp³-hybridized carbons (Fsp3) is 0.571. The first-order chi connectivity index (χ1) is 19.3. The molecule has 13 nitrogen and oxygen atoms in total. The Kier molecular flexibility index (Phi) is 10.8. The van der Waals surface area contributed by atoms with Gasteiger partial charge in [-0.15, -0.1) is 0 Å². The number of benzene rings is 1. The Balaban J connectivity index is 0.000000302. The number of ether oxygens (including phenoxy) is 1. The molecule has 3 heterocycles. The van der Waals surface area contributed by atoms with E-state index < -0.39 is 36.4 Å². The van der Waals surface area contributed by atoms with Crippen molar-refractivity contribution in [1.82, 2.24) is 14.4 Å². The smallest absolute Gasteiger partial charge is 0.336 e. The normalized spacial score (nSPS) is 20.8. The number of carbonyl (C=O) groups is 4. The third-order valence-electron chi connectivity index (χ3n) is 7.40. The summed E-state index contributed by atoms with van der Waals surface area (Å²) >= 11 is 0. The SMILES string of the molecule is CC1CN(C2CCN(Cc3cn(CC(N)=O)c4ccccc34)CC2)CC(C)O1.O=C(O)CC(O)(CC(=O)O)C(=O)O. The number of primary amides is 1. The number of rotatable bonds is 10. The molecule has 2 saturated heterocycles. The molecule has 2 fully saturated rings. The van der Waals surface area contributed by atoms with Gasteiger partial charge in [-0.2, -0.15) is 0 Å². The molecule has 2 atom stereocenters. The molecule has 4 rings (SSSR count). The summed E-state index contributed by atoms with van der Waals surface area (Å²) in [4.78, 5) is 47.1. The van der Waals surface area contributed by atoms with Crippen LogP contribution in [0, 0.1) is 0 Å². The minimum absolute atomic E-state index is 0.232. The minimum atomic E-state index is -2.74. The lowest BCUT2D eigenvalue weighted by Crippen LogP contribution is -2.53. The predicted octanol–water partition coefficient (Wildman–Crippen LogP) is 0.952. The number of piperidine rings is 1. The number of carboxylic acids is 3. The second-order valence-corrected chi connectivity index (χ2v) is 11.0. The van der Waals surface area contributed by atoms with Crippen LogP contribution in [-0.2, 0) is 37.0 Å². The van der Waals surface area contributed by atoms with E-state index in [0.717, 1.165) is 38.2 Å². The van der Waals surface area contributed by atoms with Crippen LogP contribution in [0.15, 0.2) is 30.5 Å². The highest BCUT2D eigenvalue weighted by atomic mass is 16.5. The Hall–Kier alpha value is -3.52. The van der Waals surface area contributed by atoms with Crippen LogP contribution in [0.5, 0.6) is 0 Å². The van der Waals surface area contributed by atoms with E-state index in [2.05, 4.69) is 48.0 Å². The van der Waals surface area contributed by atoms with E-state index in [1.165, 1.54) is 23.8 Å². The lowest BCUT2D eigenvalue weighted by Gasteiger charge is -2.43. The second-order valence-electron chi connectivity index (χ2n) is 11.0. The fourth-order valence-corrected chi connectivity index (χ4v) is 5.66. The van der Waals surface area contributed by atoms with Gasteiger partial charge in [0.2, 0.25) is 5.91 Å². The standard InChI is InChI=1S/C22H32N4O2.C6H8O7/c1-16-11-25(12-17(2)28-16)19-7-9-24(10-8-19)13-18-14-26(15-22(23)27)21-6-4-3-5-20(18)21;7-3(8)1-6(13,5(11)12)2-4(9)10/h3-6,14,16-17,19H,7-13,15H2,1-2H3,(H2,23,27);13H,1-2H2,(H,7,8)(H,9,10)(H,11,12). The molecule has 226 valence electrons. The first kappa shape index (κ1) is 32.0. The summed E-state index contributed by atoms with van der Waals surface area (Å²) in [5, 5.41) is 35.0. The number of nitrogens with zero attached hydrogens (tertiary/aromatic N) is 3. The van der Waals surface area contributed by atoms with Gasteiger partial charge in [-0.25, -0.2) is 4.79 Å². The summed E-state index contributed by atoms with van der Waals surface area (Å²) in [7, 11) is 0. The number of likely N-dealkylation sites (tertiary alicyclic amines) is 1. The van der Waals surface area contributed by atoms with Crippen molar-refractivity contribution in [3.63, 3.8) is 0 Å². The molecular weight excluding hydrogens is 536 g/mol. The number of aromatic nitrogens is 1. The van der Waals surface area contributed by atoms with Crippen LogP contribution in [0.25, 0.3) is 10.9 Å². The molecule has 41 heavy (non-hydrogen) atoms. The fourth-order valence-electron chi connectivity index (χ4n) is 5.66. The molecule has 2 unspecified atom stereocenters. The molecule has 2 aliphatic rings. The first-order valence-electron chi connectivity index (χ1n) is 13.6. The van der Waals surface area contributed by atoms with Crippen molar-refractivity contribution in [1.29, 1.82) is 0 Å². The van der Waals surface area contributed by atoms with Gasteiger partial charge in [0.05, 0.1) is 25.0 Å². The molecule has 0 saturated carbocycles. The van der Waals surface area contributed by atoms with Crippen molar-refractivity contribution in [2.24, 2.45) is 5.73 Å². The van der Waals surface area contributed by atoms with Crippen molar-refractivity contribution >= 4 is 34.7 Å². The summed E-state index contributed by atoms with van der Waals surface area (Å²) in [6.45, 7) is 9.84. The number of aliphatic carboxylic acids is 3. The van der Waals surface area contributed by atoms with Gasteiger partial charge in [-0.3, -0.25) is 24.2 Å². The highest BCUT2D eigenvalue weighted by Crippen LogP contribution is 2.26. The number of aliphatic hydroxyl groups is 1. The van der Waals surface area contributed by atoms with Crippen molar-refractivity contribution in [2.75, 3.05) is 26.2 Å². The van der Waals surface area contributed by atoms with Gasteiger partial charge in [-0.1, -0.05) is 18.2 Å². The van der Waals surface area contributed by atoms with Gasteiger partial charge in [0, 0.05) is 42.8 Å². The molecule has 1 amide bonds. The molecule has 6 N–H and O–H groups in total. The Morgan fingerprint density at radius 2 is 1.54 bits per heavy atom. The highest BCUT2D eigenvalue weighted by Gasteiger charge is 2.40. The van der Waals surface area contributed by atoms with Gasteiger partial charge in [-0.05, 0) is 51.4 Å². The molecule has 0 radical (unpaired) electrons. The Morgan fingerprint density at radius 3 is 2.05 bits per heavy atom. The lowest BCUT2D eigenvalue weighted by molar-refractivity contribution is -0.170. The molecule has 13 heteroatoms. The van der Waals surface area contributed by atoms with E-state index in [0.29, 0.717) is 18.2 Å². The summed E-state index contributed by atoms with van der Waals surface area (Å²) in [6.07, 6.45) is 2.89. The lowest BCUT2D eigenvalue weighted by atomic mass is 9.96. The Labute approximate surface area is 238 Å². The van der Waals surface area contributed by atoms with Gasteiger partial charge in [0.1, 0.15) is 6.54 Å². The zero-order valence-corrected chi connectivity index (χ0v) is 23.4. The molecule has 1 aromatic carbocycles. The van der Waals surface area contributed by atoms with Crippen LogP contribution in [0.3, 0.4) is 0 Å². The van der Waals surface area contributed by atoms with Crippen LogP contribution >= 0.6 is 0 Å². The summed E-state index contributed by atoms with van der Waals surface area (Å²) in [5.74, 6) is -5.32. The van der Waals surface area contributed by atoms with E-state index in [1.807, 2.05) is 10.6 Å². The van der Waals surface area contributed by atoms with Crippen LogP contribution in [0.4, 0.5) is 0 Å². The Bertz CT molecular complexity index is 1210. The van der Waals surface area contributed by atoms with Crippen molar-refractivity contribution in [2.45, 2.75) is 76.5 Å². The van der Waals surface area contributed by atoms with E-state index in [1.54, 1.807) is 0 Å². The topological polar surface area (TPSA) is 196 Å². The van der Waals surface area contributed by atoms with Crippen LogP contribution < -0.4 is 5.73 Å². The average molecular weight is 577 g/mol. The maximum atomic E-state index is 11.4. The maximum Gasteiger partial charge on any atom is 0.336 e. The van der Waals surface area contributed by atoms with Gasteiger partial charge in [0.15, 0.2) is 5.60 Å². The predicted molar refractivity (Wildman–Crippen MR) is 148 cm³/mol. The minimum Gasteiger partial charge on any atom is -0.481 e. The van der Waals surface area contributed by atoms with Crippen LogP contribution in [0.2, 0.25) is 0 Å². The summed E-state index contributed by atoms with van der Waals surface area (Å²) in [6, 6.07) is 8.95. The summed E-state index contributed by atoms with van der Waals surface area (Å²) in [5.41, 5.74) is 5.06.